The molecule has 3 unspecified atom stereocenters. The second-order valence-corrected chi connectivity index (χ2v) is 9.16. The van der Waals surface area contributed by atoms with Crippen LogP contribution in [0.2, 0.25) is 0 Å². The van der Waals surface area contributed by atoms with Gasteiger partial charge in [-0.05, 0) is 56.7 Å². The summed E-state index contributed by atoms with van der Waals surface area (Å²) in [5.74, 6) is 0.596. The maximum Gasteiger partial charge on any atom is 0.315 e. The van der Waals surface area contributed by atoms with Crippen molar-refractivity contribution in [2.24, 2.45) is 5.92 Å². The molecule has 3 atom stereocenters. The molecule has 2 N–H and O–H groups in total. The number of amides is 2. The fourth-order valence-electron chi connectivity index (χ4n) is 4.81. The molecule has 1 aromatic rings. The lowest BCUT2D eigenvalue weighted by Crippen LogP contribution is -2.45. The van der Waals surface area contributed by atoms with Gasteiger partial charge >= 0.3 is 6.03 Å². The molecule has 6 heteroatoms. The fraction of sp³-hybridized carbons (Fsp3) is 0.696. The molecular formula is C23H36N4O2. The van der Waals surface area contributed by atoms with E-state index in [2.05, 4.69) is 52.5 Å². The van der Waals surface area contributed by atoms with Gasteiger partial charge in [0.25, 0.3) is 0 Å². The molecule has 1 aliphatic carbocycles. The first-order valence-electron chi connectivity index (χ1n) is 11.3. The Hall–Kier alpha value is -1.63. The molecule has 4 rings (SSSR count). The van der Waals surface area contributed by atoms with Crippen molar-refractivity contribution in [1.82, 2.24) is 20.4 Å². The number of benzene rings is 1. The molecule has 160 valence electrons. The second kappa shape index (κ2) is 9.45. The van der Waals surface area contributed by atoms with Gasteiger partial charge in [-0.2, -0.15) is 0 Å². The maximum absolute atomic E-state index is 12.3. The van der Waals surface area contributed by atoms with Crippen LogP contribution in [-0.2, 0) is 17.8 Å². The van der Waals surface area contributed by atoms with Crippen molar-refractivity contribution in [2.75, 3.05) is 32.7 Å². The van der Waals surface area contributed by atoms with E-state index >= 15 is 0 Å². The molecule has 0 aromatic heterocycles. The fourth-order valence-corrected chi connectivity index (χ4v) is 4.81. The van der Waals surface area contributed by atoms with Crippen molar-refractivity contribution in [2.45, 2.75) is 64.4 Å². The topological polar surface area (TPSA) is 56.8 Å². The highest BCUT2D eigenvalue weighted by Gasteiger charge is 2.34. The van der Waals surface area contributed by atoms with Crippen LogP contribution in [0.5, 0.6) is 0 Å². The highest BCUT2D eigenvalue weighted by Crippen LogP contribution is 2.31. The van der Waals surface area contributed by atoms with Gasteiger partial charge in [0, 0.05) is 45.3 Å². The molecule has 2 heterocycles. The Labute approximate surface area is 175 Å². The quantitative estimate of drug-likeness (QED) is 0.739. The van der Waals surface area contributed by atoms with Crippen LogP contribution in [0, 0.1) is 5.92 Å². The zero-order valence-electron chi connectivity index (χ0n) is 17.9. The number of nitrogens with one attached hydrogen (secondary N) is 2. The van der Waals surface area contributed by atoms with E-state index in [0.717, 1.165) is 38.8 Å². The Morgan fingerprint density at radius 1 is 1.03 bits per heavy atom. The highest BCUT2D eigenvalue weighted by atomic mass is 16.5. The summed E-state index contributed by atoms with van der Waals surface area (Å²) in [6.07, 6.45) is 4.46. The first-order valence-corrected chi connectivity index (χ1v) is 11.3. The van der Waals surface area contributed by atoms with Crippen molar-refractivity contribution in [1.29, 1.82) is 0 Å². The predicted octanol–water partition coefficient (Wildman–Crippen LogP) is 2.58. The summed E-state index contributed by atoms with van der Waals surface area (Å²) >= 11 is 0. The summed E-state index contributed by atoms with van der Waals surface area (Å²) in [6.45, 7) is 10.8. The largest absolute Gasteiger partial charge is 0.373 e. The number of nitrogens with zero attached hydrogens (tertiary/aromatic N) is 2. The van der Waals surface area contributed by atoms with Gasteiger partial charge < -0.3 is 20.3 Å². The van der Waals surface area contributed by atoms with E-state index in [1.54, 1.807) is 0 Å². The van der Waals surface area contributed by atoms with Gasteiger partial charge in [0.05, 0.1) is 12.2 Å². The summed E-state index contributed by atoms with van der Waals surface area (Å²) in [6, 6.07) is 9.20. The number of hydrogen-bond acceptors (Lipinski definition) is 4. The molecule has 3 aliphatic rings. The number of carbonyl (C=O) groups excluding carboxylic acids is 1. The number of rotatable bonds is 7. The van der Waals surface area contributed by atoms with E-state index < -0.39 is 0 Å². The Balaban J connectivity index is 1.22. The standard InChI is InChI=1S/C23H36N4O2/c1-17-13-26(14-18(2)29-17)16-21-6-4-3-5-20(21)12-25-23(28)24-11-19-9-10-27(15-19)22-7-8-22/h3-6,17-19,22H,7-16H2,1-2H3,(H2,24,25,28). The van der Waals surface area contributed by atoms with E-state index in [4.69, 9.17) is 4.74 Å². The van der Waals surface area contributed by atoms with Gasteiger partial charge in [-0.25, -0.2) is 4.79 Å². The number of hydrogen-bond donors (Lipinski definition) is 2. The van der Waals surface area contributed by atoms with Crippen molar-refractivity contribution >= 4 is 6.03 Å². The van der Waals surface area contributed by atoms with Crippen LogP contribution in [-0.4, -0.2) is 66.8 Å². The van der Waals surface area contributed by atoms with Gasteiger partial charge in [0.2, 0.25) is 0 Å². The summed E-state index contributed by atoms with van der Waals surface area (Å²) in [5.41, 5.74) is 2.47. The molecule has 2 saturated heterocycles. The Morgan fingerprint density at radius 3 is 2.48 bits per heavy atom. The van der Waals surface area contributed by atoms with Gasteiger partial charge in [0.15, 0.2) is 0 Å². The second-order valence-electron chi connectivity index (χ2n) is 9.16. The monoisotopic (exact) mass is 400 g/mol. The number of urea groups is 1. The molecule has 0 spiro atoms. The van der Waals surface area contributed by atoms with Crippen molar-refractivity contribution in [3.05, 3.63) is 35.4 Å². The average Bonchev–Trinajstić information content (AvgIpc) is 3.43. The number of likely N-dealkylation sites (tertiary alicyclic amines) is 1. The summed E-state index contributed by atoms with van der Waals surface area (Å²) in [5, 5.41) is 6.14. The third-order valence-corrected chi connectivity index (χ3v) is 6.38. The van der Waals surface area contributed by atoms with E-state index in [1.807, 2.05) is 6.07 Å². The van der Waals surface area contributed by atoms with E-state index in [0.29, 0.717) is 12.5 Å². The predicted molar refractivity (Wildman–Crippen MR) is 115 cm³/mol. The maximum atomic E-state index is 12.3. The lowest BCUT2D eigenvalue weighted by Gasteiger charge is -2.35. The number of carbonyl (C=O) groups is 1. The van der Waals surface area contributed by atoms with Gasteiger partial charge in [-0.15, -0.1) is 0 Å². The molecule has 1 saturated carbocycles. The zero-order chi connectivity index (χ0) is 20.2. The smallest absolute Gasteiger partial charge is 0.315 e. The number of morpholine rings is 1. The van der Waals surface area contributed by atoms with Crippen molar-refractivity contribution in [3.63, 3.8) is 0 Å². The molecular weight excluding hydrogens is 364 g/mol. The molecule has 0 bridgehead atoms. The third kappa shape index (κ3) is 5.93. The average molecular weight is 401 g/mol. The molecule has 2 amide bonds. The highest BCUT2D eigenvalue weighted by molar-refractivity contribution is 5.73. The van der Waals surface area contributed by atoms with Gasteiger partial charge in [0.1, 0.15) is 0 Å². The molecule has 6 nitrogen and oxygen atoms in total. The van der Waals surface area contributed by atoms with Gasteiger partial charge in [-0.3, -0.25) is 4.90 Å². The van der Waals surface area contributed by atoms with E-state index in [1.165, 1.54) is 36.9 Å². The molecule has 3 fully saturated rings. The minimum absolute atomic E-state index is 0.0571. The van der Waals surface area contributed by atoms with Crippen molar-refractivity contribution in [3.8, 4) is 0 Å². The Kier molecular flexibility index (Phi) is 6.73. The van der Waals surface area contributed by atoms with Crippen LogP contribution in [0.1, 0.15) is 44.2 Å². The van der Waals surface area contributed by atoms with E-state index in [-0.39, 0.29) is 18.2 Å². The molecule has 0 radical (unpaired) electrons. The van der Waals surface area contributed by atoms with E-state index in [9.17, 15) is 4.79 Å². The van der Waals surface area contributed by atoms with Crippen LogP contribution in [0.15, 0.2) is 24.3 Å². The summed E-state index contributed by atoms with van der Waals surface area (Å²) in [7, 11) is 0. The number of ether oxygens (including phenoxy) is 1. The Bertz CT molecular complexity index is 683. The van der Waals surface area contributed by atoms with Crippen molar-refractivity contribution < 1.29 is 9.53 Å². The van der Waals surface area contributed by atoms with Crippen LogP contribution in [0.25, 0.3) is 0 Å². The minimum Gasteiger partial charge on any atom is -0.373 e. The normalized spacial score (nSPS) is 28.4. The lowest BCUT2D eigenvalue weighted by molar-refractivity contribution is -0.0705. The molecule has 2 aliphatic heterocycles. The summed E-state index contributed by atoms with van der Waals surface area (Å²) < 4.78 is 5.85. The lowest BCUT2D eigenvalue weighted by atomic mass is 10.1. The third-order valence-electron chi connectivity index (χ3n) is 6.38. The SMILES string of the molecule is CC1CN(Cc2ccccc2CNC(=O)NCC2CCN(C3CC3)C2)CC(C)O1. The van der Waals surface area contributed by atoms with Crippen LogP contribution < -0.4 is 10.6 Å². The van der Waals surface area contributed by atoms with Crippen LogP contribution in [0.4, 0.5) is 4.79 Å². The molecule has 1 aromatic carbocycles. The first kappa shape index (κ1) is 20.6. The van der Waals surface area contributed by atoms with Crippen LogP contribution >= 0.6 is 0 Å². The summed E-state index contributed by atoms with van der Waals surface area (Å²) in [4.78, 5) is 17.4. The minimum atomic E-state index is -0.0571. The first-order chi connectivity index (χ1) is 14.1. The Morgan fingerprint density at radius 2 is 1.76 bits per heavy atom. The zero-order valence-corrected chi connectivity index (χ0v) is 17.9. The molecule has 29 heavy (non-hydrogen) atoms. The van der Waals surface area contributed by atoms with Gasteiger partial charge in [-0.1, -0.05) is 24.3 Å². The van der Waals surface area contributed by atoms with Crippen LogP contribution in [0.3, 0.4) is 0 Å².